The smallest absolute Gasteiger partial charge is 0.226 e. The average molecular weight is 320 g/mol. The first-order valence-corrected chi connectivity index (χ1v) is 9.00. The third-order valence-electron chi connectivity index (χ3n) is 5.25. The summed E-state index contributed by atoms with van der Waals surface area (Å²) in [6, 6.07) is 0.981. The number of likely N-dealkylation sites (N-methyl/N-ethyl adjacent to an activating group) is 1. The second-order valence-electron chi connectivity index (χ2n) is 6.80. The molecule has 2 saturated heterocycles. The molecule has 1 amide bonds. The Balaban J connectivity index is 1.49. The lowest BCUT2D eigenvalue weighted by Gasteiger charge is -2.33. The first-order chi connectivity index (χ1) is 11.2. The van der Waals surface area contributed by atoms with E-state index in [1.165, 1.54) is 19.4 Å². The van der Waals surface area contributed by atoms with Crippen LogP contribution >= 0.6 is 0 Å². The number of amides is 1. The van der Waals surface area contributed by atoms with Gasteiger partial charge < -0.3 is 14.3 Å². The first kappa shape index (κ1) is 16.4. The fourth-order valence-corrected chi connectivity index (χ4v) is 3.99. The highest BCUT2D eigenvalue weighted by atomic mass is 16.5. The molecule has 3 heterocycles. The molecule has 0 radical (unpaired) electrons. The molecule has 1 aromatic heterocycles. The van der Waals surface area contributed by atoms with Gasteiger partial charge in [-0.2, -0.15) is 4.98 Å². The molecule has 0 spiro atoms. The molecule has 2 atom stereocenters. The van der Waals surface area contributed by atoms with Crippen molar-refractivity contribution >= 4 is 5.91 Å². The van der Waals surface area contributed by atoms with E-state index in [1.807, 2.05) is 6.92 Å². The van der Waals surface area contributed by atoms with Gasteiger partial charge in [0.25, 0.3) is 0 Å². The zero-order valence-electron chi connectivity index (χ0n) is 14.3. The van der Waals surface area contributed by atoms with Crippen LogP contribution in [0.2, 0.25) is 0 Å². The quantitative estimate of drug-likeness (QED) is 0.802. The van der Waals surface area contributed by atoms with Gasteiger partial charge in [-0.1, -0.05) is 12.1 Å². The van der Waals surface area contributed by atoms with Crippen LogP contribution in [-0.4, -0.2) is 58.1 Å². The Bertz CT molecular complexity index is 530. The van der Waals surface area contributed by atoms with Crippen molar-refractivity contribution in [1.29, 1.82) is 0 Å². The second kappa shape index (κ2) is 7.43. The summed E-state index contributed by atoms with van der Waals surface area (Å²) in [5.41, 5.74) is 0. The number of carbonyl (C=O) groups excluding carboxylic acids is 1. The molecule has 6 nitrogen and oxygen atoms in total. The molecule has 2 aliphatic heterocycles. The van der Waals surface area contributed by atoms with E-state index in [4.69, 9.17) is 4.52 Å². The highest BCUT2D eigenvalue weighted by molar-refractivity contribution is 5.76. The lowest BCUT2D eigenvalue weighted by molar-refractivity contribution is -0.133. The number of hydrogen-bond acceptors (Lipinski definition) is 5. The number of carbonyl (C=O) groups is 1. The molecule has 0 aromatic carbocycles. The van der Waals surface area contributed by atoms with Gasteiger partial charge >= 0.3 is 0 Å². The van der Waals surface area contributed by atoms with Crippen LogP contribution in [0.4, 0.5) is 0 Å². The van der Waals surface area contributed by atoms with E-state index in [0.717, 1.165) is 38.1 Å². The van der Waals surface area contributed by atoms with Gasteiger partial charge in [0.05, 0.1) is 0 Å². The van der Waals surface area contributed by atoms with Crippen LogP contribution in [0.25, 0.3) is 0 Å². The molecule has 1 aromatic rings. The molecule has 0 N–H and O–H groups in total. The Morgan fingerprint density at radius 2 is 2.04 bits per heavy atom. The number of nitrogens with zero attached hydrogens (tertiary/aromatic N) is 4. The van der Waals surface area contributed by atoms with Crippen LogP contribution < -0.4 is 0 Å². The van der Waals surface area contributed by atoms with Gasteiger partial charge in [0.2, 0.25) is 11.8 Å². The molecule has 0 bridgehead atoms. The standard InChI is InChI=1S/C17H28N4O2/c1-3-15-18-16(23-19-15)9-4-10-17(22)21-12-6-8-14(21)13-7-5-11-20(13)2/h13-14H,3-12H2,1-2H3/t13-,14-/m0/s1. The van der Waals surface area contributed by atoms with Crippen LogP contribution in [0.1, 0.15) is 57.2 Å². The van der Waals surface area contributed by atoms with Gasteiger partial charge in [0, 0.05) is 37.9 Å². The molecule has 3 rings (SSSR count). The summed E-state index contributed by atoms with van der Waals surface area (Å²) < 4.78 is 5.19. The summed E-state index contributed by atoms with van der Waals surface area (Å²) in [5.74, 6) is 1.70. The van der Waals surface area contributed by atoms with E-state index in [-0.39, 0.29) is 0 Å². The van der Waals surface area contributed by atoms with Gasteiger partial charge in [-0.05, 0) is 45.7 Å². The predicted molar refractivity (Wildman–Crippen MR) is 87.0 cm³/mol. The monoisotopic (exact) mass is 320 g/mol. The van der Waals surface area contributed by atoms with E-state index in [9.17, 15) is 4.79 Å². The van der Waals surface area contributed by atoms with Crippen molar-refractivity contribution in [3.05, 3.63) is 11.7 Å². The largest absolute Gasteiger partial charge is 0.339 e. The summed E-state index contributed by atoms with van der Waals surface area (Å²) in [4.78, 5) is 21.5. The highest BCUT2D eigenvalue weighted by Crippen LogP contribution is 2.29. The maximum absolute atomic E-state index is 12.6. The van der Waals surface area contributed by atoms with Crippen LogP contribution in [0.3, 0.4) is 0 Å². The van der Waals surface area contributed by atoms with Crippen LogP contribution in [0, 0.1) is 0 Å². The lowest BCUT2D eigenvalue weighted by atomic mass is 10.0. The summed E-state index contributed by atoms with van der Waals surface area (Å²) in [5, 5.41) is 3.90. The highest BCUT2D eigenvalue weighted by Gasteiger charge is 2.37. The molecular formula is C17H28N4O2. The molecule has 2 fully saturated rings. The SMILES string of the molecule is CCc1noc(CCCC(=O)N2CCC[C@H]2[C@@H]2CCCN2C)n1. The van der Waals surface area contributed by atoms with Crippen LogP contribution in [0.5, 0.6) is 0 Å². The van der Waals surface area contributed by atoms with Crippen molar-refractivity contribution in [2.75, 3.05) is 20.1 Å². The molecule has 6 heteroatoms. The minimum absolute atomic E-state index is 0.294. The predicted octanol–water partition coefficient (Wildman–Crippen LogP) is 2.04. The molecule has 23 heavy (non-hydrogen) atoms. The Morgan fingerprint density at radius 3 is 2.74 bits per heavy atom. The summed E-state index contributed by atoms with van der Waals surface area (Å²) in [6.45, 7) is 4.10. The van der Waals surface area contributed by atoms with Crippen molar-refractivity contribution in [2.24, 2.45) is 0 Å². The number of aromatic nitrogens is 2. The maximum atomic E-state index is 12.6. The van der Waals surface area contributed by atoms with Gasteiger partial charge in [0.15, 0.2) is 5.82 Å². The van der Waals surface area contributed by atoms with E-state index in [0.29, 0.717) is 36.7 Å². The van der Waals surface area contributed by atoms with E-state index in [1.54, 1.807) is 0 Å². The normalized spacial score (nSPS) is 25.4. The molecule has 0 saturated carbocycles. The Labute approximate surface area is 138 Å². The Hall–Kier alpha value is -1.43. The topological polar surface area (TPSA) is 62.5 Å². The van der Waals surface area contributed by atoms with Gasteiger partial charge in [-0.25, -0.2) is 0 Å². The Kier molecular flexibility index (Phi) is 5.30. The molecule has 0 aliphatic carbocycles. The van der Waals surface area contributed by atoms with Crippen molar-refractivity contribution in [3.8, 4) is 0 Å². The minimum atomic E-state index is 0.294. The fraction of sp³-hybridized carbons (Fsp3) is 0.824. The Morgan fingerprint density at radius 1 is 1.26 bits per heavy atom. The second-order valence-corrected chi connectivity index (χ2v) is 6.80. The molecule has 128 valence electrons. The van der Waals surface area contributed by atoms with E-state index < -0.39 is 0 Å². The third kappa shape index (κ3) is 3.74. The maximum Gasteiger partial charge on any atom is 0.226 e. The van der Waals surface area contributed by atoms with Crippen molar-refractivity contribution in [2.45, 2.75) is 70.4 Å². The third-order valence-corrected chi connectivity index (χ3v) is 5.25. The fourth-order valence-electron chi connectivity index (χ4n) is 3.99. The summed E-state index contributed by atoms with van der Waals surface area (Å²) in [6.07, 6.45) is 7.63. The average Bonchev–Trinajstić information content (AvgIpc) is 3.26. The van der Waals surface area contributed by atoms with Crippen LogP contribution in [0.15, 0.2) is 4.52 Å². The molecule has 0 unspecified atom stereocenters. The van der Waals surface area contributed by atoms with Crippen molar-refractivity contribution < 1.29 is 9.32 Å². The zero-order chi connectivity index (χ0) is 16.2. The number of aryl methyl sites for hydroxylation is 2. The number of likely N-dealkylation sites (tertiary alicyclic amines) is 2. The van der Waals surface area contributed by atoms with E-state index in [2.05, 4.69) is 27.0 Å². The van der Waals surface area contributed by atoms with E-state index >= 15 is 0 Å². The van der Waals surface area contributed by atoms with Gasteiger partial charge in [-0.15, -0.1) is 0 Å². The molecular weight excluding hydrogens is 292 g/mol. The van der Waals surface area contributed by atoms with Gasteiger partial charge in [-0.3, -0.25) is 4.79 Å². The minimum Gasteiger partial charge on any atom is -0.339 e. The summed E-state index contributed by atoms with van der Waals surface area (Å²) in [7, 11) is 2.19. The lowest BCUT2D eigenvalue weighted by Crippen LogP contribution is -2.47. The number of hydrogen-bond donors (Lipinski definition) is 0. The van der Waals surface area contributed by atoms with Crippen LogP contribution in [-0.2, 0) is 17.6 Å². The summed E-state index contributed by atoms with van der Waals surface area (Å²) >= 11 is 0. The first-order valence-electron chi connectivity index (χ1n) is 9.00. The molecule has 2 aliphatic rings. The zero-order valence-corrected chi connectivity index (χ0v) is 14.3. The van der Waals surface area contributed by atoms with Crippen molar-refractivity contribution in [3.63, 3.8) is 0 Å². The van der Waals surface area contributed by atoms with Gasteiger partial charge in [0.1, 0.15) is 0 Å². The van der Waals surface area contributed by atoms with Crippen molar-refractivity contribution in [1.82, 2.24) is 19.9 Å². The number of rotatable bonds is 6.